The quantitative estimate of drug-likeness (QED) is 0.699. The average molecular weight is 275 g/mol. The van der Waals surface area contributed by atoms with Crippen molar-refractivity contribution in [3.63, 3.8) is 0 Å². The van der Waals surface area contributed by atoms with Crippen LogP contribution in [-0.2, 0) is 16.1 Å². The van der Waals surface area contributed by atoms with Crippen LogP contribution in [0.3, 0.4) is 0 Å². The van der Waals surface area contributed by atoms with Crippen LogP contribution in [0.2, 0.25) is 0 Å². The van der Waals surface area contributed by atoms with Crippen LogP contribution in [0.15, 0.2) is 24.3 Å². The van der Waals surface area contributed by atoms with E-state index >= 15 is 0 Å². The lowest BCUT2D eigenvalue weighted by atomic mass is 10.1. The lowest BCUT2D eigenvalue weighted by Gasteiger charge is -2.14. The molecule has 0 aliphatic carbocycles. The molecule has 1 unspecified atom stereocenters. The second kappa shape index (κ2) is 9.08. The monoisotopic (exact) mass is 275 g/mol. The van der Waals surface area contributed by atoms with Crippen LogP contribution < -0.4 is 10.6 Å². The molecule has 0 fully saturated rings. The molecule has 0 aliphatic heterocycles. The summed E-state index contributed by atoms with van der Waals surface area (Å²) in [5.41, 5.74) is 1.68. The number of carbonyl (C=O) groups excluding carboxylic acids is 1. The Morgan fingerprint density at radius 2 is 2.10 bits per heavy atom. The molecule has 0 aromatic heterocycles. The molecule has 0 bridgehead atoms. The molecule has 1 aromatic rings. The van der Waals surface area contributed by atoms with Crippen LogP contribution in [0.1, 0.15) is 24.5 Å². The number of nitrogens with zero attached hydrogens (tertiary/aromatic N) is 1. The van der Waals surface area contributed by atoms with Gasteiger partial charge < -0.3 is 15.4 Å². The van der Waals surface area contributed by atoms with Gasteiger partial charge in [-0.05, 0) is 31.0 Å². The summed E-state index contributed by atoms with van der Waals surface area (Å²) in [4.78, 5) is 11.8. The summed E-state index contributed by atoms with van der Waals surface area (Å²) >= 11 is 0. The maximum Gasteiger partial charge on any atom is 0.236 e. The van der Waals surface area contributed by atoms with Gasteiger partial charge in [-0.2, -0.15) is 5.26 Å². The molecule has 0 saturated carbocycles. The Hall–Kier alpha value is -1.90. The predicted octanol–water partition coefficient (Wildman–Crippen LogP) is 1.19. The van der Waals surface area contributed by atoms with Crippen LogP contribution >= 0.6 is 0 Å². The van der Waals surface area contributed by atoms with E-state index in [4.69, 9.17) is 10.00 Å². The predicted molar refractivity (Wildman–Crippen MR) is 77.0 cm³/mol. The Labute approximate surface area is 119 Å². The molecule has 0 saturated heterocycles. The van der Waals surface area contributed by atoms with Crippen molar-refractivity contribution in [3.05, 3.63) is 35.4 Å². The summed E-state index contributed by atoms with van der Waals surface area (Å²) in [6.07, 6.45) is 0.810. The van der Waals surface area contributed by atoms with Gasteiger partial charge in [0.1, 0.15) is 0 Å². The minimum atomic E-state index is -0.256. The van der Waals surface area contributed by atoms with E-state index in [-0.39, 0.29) is 11.9 Å². The summed E-state index contributed by atoms with van der Waals surface area (Å²) < 4.78 is 4.92. The van der Waals surface area contributed by atoms with Crippen LogP contribution in [-0.4, -0.2) is 32.2 Å². The van der Waals surface area contributed by atoms with Crippen molar-refractivity contribution in [2.45, 2.75) is 25.9 Å². The summed E-state index contributed by atoms with van der Waals surface area (Å²) in [5, 5.41) is 14.7. The number of nitriles is 1. The molecule has 108 valence electrons. The number of methoxy groups -OCH3 is 1. The second-order valence-electron chi connectivity index (χ2n) is 4.55. The SMILES string of the molecule is COCCCNC(=O)C(C)NCc1ccc(C#N)cc1. The lowest BCUT2D eigenvalue weighted by Crippen LogP contribution is -2.42. The van der Waals surface area contributed by atoms with Crippen LogP contribution in [0.4, 0.5) is 0 Å². The van der Waals surface area contributed by atoms with Crippen LogP contribution in [0.25, 0.3) is 0 Å². The third-order valence-corrected chi connectivity index (χ3v) is 2.91. The van der Waals surface area contributed by atoms with Gasteiger partial charge in [-0.25, -0.2) is 0 Å². The number of hydrogen-bond acceptors (Lipinski definition) is 4. The van der Waals surface area contributed by atoms with Crippen molar-refractivity contribution in [1.29, 1.82) is 5.26 Å². The number of ether oxygens (including phenoxy) is 1. The van der Waals surface area contributed by atoms with E-state index in [1.54, 1.807) is 19.2 Å². The standard InChI is InChI=1S/C15H21N3O2/c1-12(15(19)17-8-3-9-20-2)18-11-14-6-4-13(10-16)5-7-14/h4-7,12,18H,3,8-9,11H2,1-2H3,(H,17,19). The van der Waals surface area contributed by atoms with Gasteiger partial charge in [0.15, 0.2) is 0 Å². The molecule has 0 heterocycles. The minimum Gasteiger partial charge on any atom is -0.385 e. The molecule has 20 heavy (non-hydrogen) atoms. The fourth-order valence-corrected chi connectivity index (χ4v) is 1.64. The topological polar surface area (TPSA) is 74.2 Å². The van der Waals surface area contributed by atoms with E-state index in [2.05, 4.69) is 16.7 Å². The molecule has 1 aromatic carbocycles. The maximum atomic E-state index is 11.8. The van der Waals surface area contributed by atoms with E-state index in [0.717, 1.165) is 12.0 Å². The zero-order chi connectivity index (χ0) is 14.8. The van der Waals surface area contributed by atoms with Crippen molar-refractivity contribution >= 4 is 5.91 Å². The van der Waals surface area contributed by atoms with E-state index in [1.807, 2.05) is 19.1 Å². The van der Waals surface area contributed by atoms with E-state index < -0.39 is 0 Å². The normalized spacial score (nSPS) is 11.7. The van der Waals surface area contributed by atoms with Gasteiger partial charge in [0, 0.05) is 26.8 Å². The van der Waals surface area contributed by atoms with Crippen LogP contribution in [0.5, 0.6) is 0 Å². The molecule has 0 radical (unpaired) electrons. The Bertz CT molecular complexity index is 451. The lowest BCUT2D eigenvalue weighted by molar-refractivity contribution is -0.122. The first-order valence-electron chi connectivity index (χ1n) is 6.66. The van der Waals surface area contributed by atoms with Gasteiger partial charge in [0.05, 0.1) is 17.7 Å². The van der Waals surface area contributed by atoms with Gasteiger partial charge >= 0.3 is 0 Å². The van der Waals surface area contributed by atoms with E-state index in [9.17, 15) is 4.79 Å². The number of benzene rings is 1. The zero-order valence-electron chi connectivity index (χ0n) is 12.0. The first-order chi connectivity index (χ1) is 9.67. The number of hydrogen-bond donors (Lipinski definition) is 2. The van der Waals surface area contributed by atoms with Gasteiger partial charge in [0.2, 0.25) is 5.91 Å². The number of amides is 1. The molecule has 1 atom stereocenters. The van der Waals surface area contributed by atoms with Crippen molar-refractivity contribution < 1.29 is 9.53 Å². The highest BCUT2D eigenvalue weighted by atomic mass is 16.5. The van der Waals surface area contributed by atoms with Crippen LogP contribution in [0, 0.1) is 11.3 Å². The fraction of sp³-hybridized carbons (Fsp3) is 0.467. The summed E-state index contributed by atoms with van der Waals surface area (Å²) in [5.74, 6) is -0.0188. The first-order valence-corrected chi connectivity index (χ1v) is 6.66. The molecule has 2 N–H and O–H groups in total. The van der Waals surface area contributed by atoms with Crippen molar-refractivity contribution in [1.82, 2.24) is 10.6 Å². The van der Waals surface area contributed by atoms with Gasteiger partial charge in [-0.15, -0.1) is 0 Å². The fourth-order valence-electron chi connectivity index (χ4n) is 1.64. The smallest absolute Gasteiger partial charge is 0.236 e. The maximum absolute atomic E-state index is 11.8. The Morgan fingerprint density at radius 3 is 2.70 bits per heavy atom. The average Bonchev–Trinajstić information content (AvgIpc) is 2.49. The summed E-state index contributed by atoms with van der Waals surface area (Å²) in [6, 6.07) is 9.13. The highest BCUT2D eigenvalue weighted by Gasteiger charge is 2.11. The Kier molecular flexibility index (Phi) is 7.33. The third-order valence-electron chi connectivity index (χ3n) is 2.91. The van der Waals surface area contributed by atoms with E-state index in [1.165, 1.54) is 0 Å². The largest absolute Gasteiger partial charge is 0.385 e. The van der Waals surface area contributed by atoms with Crippen molar-refractivity contribution in [2.75, 3.05) is 20.3 Å². The molecule has 5 heteroatoms. The second-order valence-corrected chi connectivity index (χ2v) is 4.55. The summed E-state index contributed by atoms with van der Waals surface area (Å²) in [7, 11) is 1.64. The molecular formula is C15H21N3O2. The molecule has 1 rings (SSSR count). The van der Waals surface area contributed by atoms with E-state index in [0.29, 0.717) is 25.3 Å². The summed E-state index contributed by atoms with van der Waals surface area (Å²) in [6.45, 7) is 3.69. The van der Waals surface area contributed by atoms with Gasteiger partial charge in [0.25, 0.3) is 0 Å². The Morgan fingerprint density at radius 1 is 1.40 bits per heavy atom. The highest BCUT2D eigenvalue weighted by Crippen LogP contribution is 2.03. The molecule has 5 nitrogen and oxygen atoms in total. The Balaban J connectivity index is 2.29. The molecule has 1 amide bonds. The minimum absolute atomic E-state index is 0.0188. The molecule has 0 aliphatic rings. The van der Waals surface area contributed by atoms with Crippen molar-refractivity contribution in [2.24, 2.45) is 0 Å². The number of carbonyl (C=O) groups is 1. The third kappa shape index (κ3) is 5.83. The highest BCUT2D eigenvalue weighted by molar-refractivity contribution is 5.81. The zero-order valence-corrected chi connectivity index (χ0v) is 12.0. The van der Waals surface area contributed by atoms with Crippen molar-refractivity contribution in [3.8, 4) is 6.07 Å². The van der Waals surface area contributed by atoms with Gasteiger partial charge in [-0.3, -0.25) is 4.79 Å². The molecule has 0 spiro atoms. The first kappa shape index (κ1) is 16.2. The molecular weight excluding hydrogens is 254 g/mol. The number of rotatable bonds is 8. The number of nitrogens with one attached hydrogen (secondary N) is 2. The van der Waals surface area contributed by atoms with Gasteiger partial charge in [-0.1, -0.05) is 12.1 Å².